The maximum absolute atomic E-state index is 14.1. The summed E-state index contributed by atoms with van der Waals surface area (Å²) in [6.07, 6.45) is 0.870. The molecule has 0 bridgehead atoms. The summed E-state index contributed by atoms with van der Waals surface area (Å²) in [5.41, 5.74) is 1.61. The number of methoxy groups -OCH3 is 1. The van der Waals surface area contributed by atoms with E-state index in [0.717, 1.165) is 32.3 Å². The SMILES string of the molecule is COc1ccc(-c2nc(NC(=O)[C@@H]3CCCN3S(=O)(=O)c3ccccc3F)sc2C)cc1. The topological polar surface area (TPSA) is 88.6 Å². The maximum Gasteiger partial charge on any atom is 0.246 e. The average molecular weight is 476 g/mol. The molecule has 1 fully saturated rings. The van der Waals surface area contributed by atoms with E-state index < -0.39 is 32.7 Å². The Morgan fingerprint density at radius 2 is 1.94 bits per heavy atom. The Balaban J connectivity index is 1.54. The molecular formula is C22H22FN3O4S2. The third-order valence-electron chi connectivity index (χ3n) is 5.32. The summed E-state index contributed by atoms with van der Waals surface area (Å²) in [6.45, 7) is 2.06. The third-order valence-corrected chi connectivity index (χ3v) is 8.15. The van der Waals surface area contributed by atoms with E-state index in [9.17, 15) is 17.6 Å². The molecule has 10 heteroatoms. The van der Waals surface area contributed by atoms with Gasteiger partial charge in [-0.15, -0.1) is 11.3 Å². The van der Waals surface area contributed by atoms with Gasteiger partial charge in [0.1, 0.15) is 22.5 Å². The van der Waals surface area contributed by atoms with Crippen molar-refractivity contribution >= 4 is 32.4 Å². The summed E-state index contributed by atoms with van der Waals surface area (Å²) in [5.74, 6) is -0.580. The van der Waals surface area contributed by atoms with E-state index in [1.165, 1.54) is 29.5 Å². The predicted molar refractivity (Wildman–Crippen MR) is 121 cm³/mol. The Kier molecular flexibility index (Phi) is 6.27. The van der Waals surface area contributed by atoms with E-state index in [0.29, 0.717) is 18.0 Å². The maximum atomic E-state index is 14.1. The number of amides is 1. The standard InChI is InChI=1S/C22H22FN3O4S2/c1-14-20(15-9-11-16(30-2)12-10-15)24-22(31-14)25-21(27)18-7-5-13-26(18)32(28,29)19-8-4-3-6-17(19)23/h3-4,6,8-12,18H,5,7,13H2,1-2H3,(H,24,25,27)/t18-/m0/s1. The van der Waals surface area contributed by atoms with E-state index in [4.69, 9.17) is 4.74 Å². The minimum Gasteiger partial charge on any atom is -0.497 e. The van der Waals surface area contributed by atoms with Crippen LogP contribution in [0.1, 0.15) is 17.7 Å². The zero-order valence-corrected chi connectivity index (χ0v) is 19.2. The first-order chi connectivity index (χ1) is 15.3. The molecule has 1 amide bonds. The first-order valence-electron chi connectivity index (χ1n) is 10.0. The van der Waals surface area contributed by atoms with Crippen molar-refractivity contribution in [1.29, 1.82) is 0 Å². The minimum atomic E-state index is -4.14. The first kappa shape index (κ1) is 22.4. The number of carbonyl (C=O) groups excluding carboxylic acids is 1. The second kappa shape index (κ2) is 8.97. The van der Waals surface area contributed by atoms with Crippen LogP contribution in [0.4, 0.5) is 9.52 Å². The molecule has 1 aliphatic heterocycles. The Hall–Kier alpha value is -2.82. The number of ether oxygens (including phenoxy) is 1. The number of thiazole rings is 1. The molecule has 1 saturated heterocycles. The molecule has 2 heterocycles. The van der Waals surface area contributed by atoms with Gasteiger partial charge in [-0.25, -0.2) is 17.8 Å². The van der Waals surface area contributed by atoms with Crippen LogP contribution in [0.25, 0.3) is 11.3 Å². The Morgan fingerprint density at radius 3 is 2.62 bits per heavy atom. The number of nitrogens with one attached hydrogen (secondary N) is 1. The predicted octanol–water partition coefficient (Wildman–Crippen LogP) is 4.06. The number of hydrogen-bond acceptors (Lipinski definition) is 6. The normalized spacial score (nSPS) is 16.8. The third kappa shape index (κ3) is 4.25. The number of anilines is 1. The number of aromatic nitrogens is 1. The van der Waals surface area contributed by atoms with Gasteiger partial charge in [0.25, 0.3) is 0 Å². The van der Waals surface area contributed by atoms with Crippen molar-refractivity contribution in [2.45, 2.75) is 30.7 Å². The summed E-state index contributed by atoms with van der Waals surface area (Å²) in [4.78, 5) is 18.0. The van der Waals surface area contributed by atoms with Gasteiger partial charge in [0.2, 0.25) is 15.9 Å². The lowest BCUT2D eigenvalue weighted by Crippen LogP contribution is -2.43. The molecule has 0 radical (unpaired) electrons. The second-order valence-corrected chi connectivity index (χ2v) is 10.4. The monoisotopic (exact) mass is 475 g/mol. The number of sulfonamides is 1. The fourth-order valence-electron chi connectivity index (χ4n) is 3.73. The Labute approximate surface area is 189 Å². The molecule has 1 atom stereocenters. The number of hydrogen-bond donors (Lipinski definition) is 1. The van der Waals surface area contributed by atoms with Crippen LogP contribution in [0.2, 0.25) is 0 Å². The van der Waals surface area contributed by atoms with Crippen LogP contribution < -0.4 is 10.1 Å². The molecule has 4 rings (SSSR count). The Morgan fingerprint density at radius 1 is 1.22 bits per heavy atom. The van der Waals surface area contributed by atoms with Crippen molar-refractivity contribution in [3.8, 4) is 17.0 Å². The molecule has 0 aliphatic carbocycles. The molecular weight excluding hydrogens is 453 g/mol. The highest BCUT2D eigenvalue weighted by Crippen LogP contribution is 2.33. The number of aryl methyl sites for hydroxylation is 1. The van der Waals surface area contributed by atoms with Crippen LogP contribution in [-0.4, -0.2) is 43.3 Å². The van der Waals surface area contributed by atoms with E-state index in [1.807, 2.05) is 31.2 Å². The van der Waals surface area contributed by atoms with Crippen molar-refractivity contribution in [3.05, 3.63) is 59.2 Å². The van der Waals surface area contributed by atoms with Crippen LogP contribution in [0, 0.1) is 12.7 Å². The minimum absolute atomic E-state index is 0.156. The van der Waals surface area contributed by atoms with Crippen molar-refractivity contribution in [2.75, 3.05) is 19.0 Å². The number of rotatable bonds is 6. The first-order valence-corrected chi connectivity index (χ1v) is 12.3. The fourth-order valence-corrected chi connectivity index (χ4v) is 6.29. The average Bonchev–Trinajstić information content (AvgIpc) is 3.41. The van der Waals surface area contributed by atoms with E-state index in [2.05, 4.69) is 10.3 Å². The summed E-state index contributed by atoms with van der Waals surface area (Å²) in [6, 6.07) is 11.7. The highest BCUT2D eigenvalue weighted by atomic mass is 32.2. The number of carbonyl (C=O) groups is 1. The zero-order valence-electron chi connectivity index (χ0n) is 17.5. The van der Waals surface area contributed by atoms with Crippen LogP contribution >= 0.6 is 11.3 Å². The zero-order chi connectivity index (χ0) is 22.9. The van der Waals surface area contributed by atoms with Gasteiger partial charge in [-0.05, 0) is 56.2 Å². The van der Waals surface area contributed by atoms with Gasteiger partial charge in [0.05, 0.1) is 12.8 Å². The van der Waals surface area contributed by atoms with Gasteiger partial charge in [0, 0.05) is 17.0 Å². The Bertz CT molecular complexity index is 1240. The van der Waals surface area contributed by atoms with E-state index >= 15 is 0 Å². The van der Waals surface area contributed by atoms with E-state index in [1.54, 1.807) is 7.11 Å². The van der Waals surface area contributed by atoms with Crippen LogP contribution in [-0.2, 0) is 14.8 Å². The van der Waals surface area contributed by atoms with Crippen LogP contribution in [0.15, 0.2) is 53.4 Å². The molecule has 168 valence electrons. The lowest BCUT2D eigenvalue weighted by molar-refractivity contribution is -0.119. The van der Waals surface area contributed by atoms with Gasteiger partial charge >= 0.3 is 0 Å². The molecule has 1 aliphatic rings. The molecule has 3 aromatic rings. The molecule has 2 aromatic carbocycles. The lowest BCUT2D eigenvalue weighted by Gasteiger charge is -2.23. The highest BCUT2D eigenvalue weighted by molar-refractivity contribution is 7.89. The number of nitrogens with zero attached hydrogens (tertiary/aromatic N) is 2. The number of benzene rings is 2. The van der Waals surface area contributed by atoms with Gasteiger partial charge < -0.3 is 10.1 Å². The van der Waals surface area contributed by atoms with Gasteiger partial charge in [-0.2, -0.15) is 4.31 Å². The molecule has 1 aromatic heterocycles. The smallest absolute Gasteiger partial charge is 0.246 e. The summed E-state index contributed by atoms with van der Waals surface area (Å²) in [7, 11) is -2.55. The van der Waals surface area contributed by atoms with Gasteiger partial charge in [-0.3, -0.25) is 4.79 Å². The highest BCUT2D eigenvalue weighted by Gasteiger charge is 2.40. The molecule has 0 spiro atoms. The lowest BCUT2D eigenvalue weighted by atomic mass is 10.1. The second-order valence-electron chi connectivity index (χ2n) is 7.35. The largest absolute Gasteiger partial charge is 0.497 e. The molecule has 7 nitrogen and oxygen atoms in total. The summed E-state index contributed by atoms with van der Waals surface area (Å²) < 4.78 is 46.4. The number of halogens is 1. The van der Waals surface area contributed by atoms with Crippen molar-refractivity contribution < 1.29 is 22.3 Å². The van der Waals surface area contributed by atoms with Crippen molar-refractivity contribution in [3.63, 3.8) is 0 Å². The summed E-state index contributed by atoms with van der Waals surface area (Å²) in [5, 5.41) is 3.13. The van der Waals surface area contributed by atoms with E-state index in [-0.39, 0.29) is 6.54 Å². The van der Waals surface area contributed by atoms with Gasteiger partial charge in [-0.1, -0.05) is 12.1 Å². The van der Waals surface area contributed by atoms with Crippen molar-refractivity contribution in [2.24, 2.45) is 0 Å². The summed E-state index contributed by atoms with van der Waals surface area (Å²) >= 11 is 1.31. The van der Waals surface area contributed by atoms with Crippen LogP contribution in [0.5, 0.6) is 5.75 Å². The van der Waals surface area contributed by atoms with Gasteiger partial charge in [0.15, 0.2) is 5.13 Å². The fraction of sp³-hybridized carbons (Fsp3) is 0.273. The molecule has 0 unspecified atom stereocenters. The van der Waals surface area contributed by atoms with Crippen molar-refractivity contribution in [1.82, 2.24) is 9.29 Å². The molecule has 1 N–H and O–H groups in total. The molecule has 32 heavy (non-hydrogen) atoms. The quantitative estimate of drug-likeness (QED) is 0.581. The van der Waals surface area contributed by atoms with Crippen LogP contribution in [0.3, 0.4) is 0 Å². The molecule has 0 saturated carbocycles.